The summed E-state index contributed by atoms with van der Waals surface area (Å²) in [6.45, 7) is 12.3. The highest BCUT2D eigenvalue weighted by atomic mass is 32.2. The first-order valence-corrected chi connectivity index (χ1v) is 19.0. The molecule has 51 heavy (non-hydrogen) atoms. The van der Waals surface area contributed by atoms with Crippen LogP contribution in [0.5, 0.6) is 0 Å². The summed E-state index contributed by atoms with van der Waals surface area (Å²) in [5.74, 6) is -0.739. The van der Waals surface area contributed by atoms with E-state index in [1.54, 1.807) is 41.5 Å². The minimum absolute atomic E-state index is 0.0876. The summed E-state index contributed by atoms with van der Waals surface area (Å²) in [5.41, 5.74) is -12.4. The summed E-state index contributed by atoms with van der Waals surface area (Å²) in [5, 5.41) is 65.3. The van der Waals surface area contributed by atoms with E-state index in [-0.39, 0.29) is 43.0 Å². The smallest absolute Gasteiger partial charge is 0.315 e. The molecule has 4 saturated heterocycles. The molecule has 0 radical (unpaired) electrons. The Bertz CT molecular complexity index is 1390. The van der Waals surface area contributed by atoms with Crippen molar-refractivity contribution in [3.63, 3.8) is 0 Å². The number of carbonyl (C=O) groups excluding carboxylic acids is 3. The summed E-state index contributed by atoms with van der Waals surface area (Å²) in [4.78, 5) is 37.5. The monoisotopic (exact) mass is 745 g/mol. The molecule has 5 aliphatic rings. The summed E-state index contributed by atoms with van der Waals surface area (Å²) in [6.07, 6.45) is -0.101. The second-order valence-corrected chi connectivity index (χ2v) is 18.2. The Hall–Kier alpha value is -1.76. The molecule has 0 aromatic rings. The van der Waals surface area contributed by atoms with Crippen LogP contribution in [0.15, 0.2) is 0 Å². The number of rotatable bonds is 13. The highest BCUT2D eigenvalue weighted by Gasteiger charge is 2.85. The van der Waals surface area contributed by atoms with Crippen molar-refractivity contribution in [2.45, 2.75) is 157 Å². The molecule has 5 rings (SSSR count). The molecule has 4 aliphatic heterocycles. The number of unbranched alkanes of at least 4 members (excludes halogenated alkanes) is 1. The van der Waals surface area contributed by atoms with E-state index < -0.39 is 87.8 Å². The number of hydrogen-bond acceptors (Lipinski definition) is 13. The predicted octanol–water partition coefficient (Wildman–Crippen LogP) is 0.114. The minimum atomic E-state index is -1.90. The number of aliphatic hydroxyl groups excluding tert-OH is 3. The largest absolute Gasteiger partial charge is 0.463 e. The van der Waals surface area contributed by atoms with E-state index in [0.717, 1.165) is 18.6 Å². The van der Waals surface area contributed by atoms with Crippen LogP contribution >= 0.6 is 11.8 Å². The van der Waals surface area contributed by atoms with Crippen LogP contribution in [0.3, 0.4) is 0 Å². The summed E-state index contributed by atoms with van der Waals surface area (Å²) >= 11 is 1.81. The number of nitrogens with one attached hydrogen (secondary N) is 3. The molecule has 1 aliphatic carbocycles. The van der Waals surface area contributed by atoms with Crippen LogP contribution in [0.2, 0.25) is 0 Å². The molecule has 1 saturated carbocycles. The highest BCUT2D eigenvalue weighted by Crippen LogP contribution is 2.67. The molecule has 2 bridgehead atoms. The van der Waals surface area contributed by atoms with Gasteiger partial charge in [0, 0.05) is 30.3 Å². The average Bonchev–Trinajstić information content (AvgIpc) is 3.61. The Morgan fingerprint density at radius 3 is 2.25 bits per heavy atom. The number of ether oxygens (including phenoxy) is 4. The van der Waals surface area contributed by atoms with Crippen molar-refractivity contribution in [1.29, 1.82) is 0 Å². The molecule has 0 aromatic heterocycles. The quantitative estimate of drug-likeness (QED) is 0.0713. The number of hydrogen-bond donors (Lipinski definition) is 8. The summed E-state index contributed by atoms with van der Waals surface area (Å²) in [7, 11) is 0. The molecule has 8 N–H and O–H groups in total. The fourth-order valence-electron chi connectivity index (χ4n) is 9.63. The maximum absolute atomic E-state index is 13.0. The lowest BCUT2D eigenvalue weighted by atomic mass is 9.42. The number of amides is 3. The Balaban J connectivity index is 1.30. The van der Waals surface area contributed by atoms with Crippen LogP contribution in [0, 0.1) is 11.3 Å². The molecule has 292 valence electrons. The summed E-state index contributed by atoms with van der Waals surface area (Å²) in [6, 6.07) is 0.0782. The van der Waals surface area contributed by atoms with Crippen molar-refractivity contribution in [3.8, 4) is 0 Å². The van der Waals surface area contributed by atoms with Gasteiger partial charge in [0.25, 0.3) is 0 Å². The zero-order chi connectivity index (χ0) is 38.2. The lowest BCUT2D eigenvalue weighted by molar-refractivity contribution is -0.453. The first-order valence-electron chi connectivity index (χ1n) is 17.9. The van der Waals surface area contributed by atoms with Gasteiger partial charge >= 0.3 is 12.0 Å². The van der Waals surface area contributed by atoms with E-state index in [2.05, 4.69) is 16.0 Å². The molecule has 3 amide bonds. The maximum atomic E-state index is 13.0. The Labute approximate surface area is 304 Å². The van der Waals surface area contributed by atoms with Crippen LogP contribution in [-0.2, 0) is 28.5 Å². The van der Waals surface area contributed by atoms with Gasteiger partial charge in [-0.3, -0.25) is 9.59 Å². The fourth-order valence-corrected chi connectivity index (χ4v) is 11.2. The van der Waals surface area contributed by atoms with Gasteiger partial charge in [-0.15, -0.1) is 0 Å². The fraction of sp³-hybridized carbons (Fsp3) is 0.914. The molecule has 0 spiro atoms. The number of carbonyl (C=O) groups is 3. The minimum Gasteiger partial charge on any atom is -0.463 e. The van der Waals surface area contributed by atoms with E-state index >= 15 is 0 Å². The molecule has 16 heteroatoms. The third kappa shape index (κ3) is 5.81. The van der Waals surface area contributed by atoms with Crippen molar-refractivity contribution < 1.29 is 58.9 Å². The van der Waals surface area contributed by atoms with E-state index in [0.29, 0.717) is 6.42 Å². The van der Waals surface area contributed by atoms with Crippen molar-refractivity contribution in [2.24, 2.45) is 11.3 Å². The van der Waals surface area contributed by atoms with Gasteiger partial charge in [0.2, 0.25) is 5.91 Å². The van der Waals surface area contributed by atoms with E-state index in [1.165, 1.54) is 20.8 Å². The standard InChI is InChI=1S/C35H59N3O12S/c1-19-28(3,15-39)49-30(5,34(9,46)32(19,7)45)18-48-26-31(6)25(43)35(26,16-40)50-29(4,33(31,8)38-20(2)41)17-47-23(42)13-11-10-12-22-24-21(14-51-22)36-27(44)37-24/h19,21-22,24-26,39-40,43,45-46H,10-18H2,1-9H3,(H,38,41)(H2,36,37,44)/t19-,21+,22?,24+,25+,26?,28?,29+,30+,31?,32?,33?,34?,35?/m1/s1. The van der Waals surface area contributed by atoms with Gasteiger partial charge in [0.15, 0.2) is 0 Å². The molecule has 5 fully saturated rings. The first kappa shape index (κ1) is 40.4. The van der Waals surface area contributed by atoms with Gasteiger partial charge in [-0.05, 0) is 54.4 Å². The van der Waals surface area contributed by atoms with E-state index in [1.807, 2.05) is 11.8 Å². The van der Waals surface area contributed by atoms with Crippen LogP contribution in [0.1, 0.15) is 88.0 Å². The molecule has 14 atom stereocenters. The Morgan fingerprint density at radius 1 is 0.980 bits per heavy atom. The second-order valence-electron chi connectivity index (χ2n) is 16.9. The lowest BCUT2D eigenvalue weighted by Gasteiger charge is -2.77. The van der Waals surface area contributed by atoms with Crippen molar-refractivity contribution in [1.82, 2.24) is 16.0 Å². The summed E-state index contributed by atoms with van der Waals surface area (Å²) < 4.78 is 25.2. The molecule has 8 unspecified atom stereocenters. The first-order chi connectivity index (χ1) is 23.4. The zero-order valence-electron chi connectivity index (χ0n) is 31.3. The predicted molar refractivity (Wildman–Crippen MR) is 186 cm³/mol. The Kier molecular flexibility index (Phi) is 10.5. The topological polar surface area (TPSA) is 225 Å². The normalized spacial score (nSPS) is 50.1. The molecule has 0 aromatic carbocycles. The van der Waals surface area contributed by atoms with E-state index in [9.17, 15) is 39.9 Å². The molecular formula is C35H59N3O12S. The number of urea groups is 1. The van der Waals surface area contributed by atoms with Gasteiger partial charge in [0.1, 0.15) is 35.1 Å². The number of thioether (sulfide) groups is 1. The third-order valence-electron chi connectivity index (χ3n) is 13.9. The second kappa shape index (κ2) is 13.2. The van der Waals surface area contributed by atoms with Crippen LogP contribution in [-0.4, -0.2) is 144 Å². The van der Waals surface area contributed by atoms with Crippen molar-refractivity contribution in [2.75, 3.05) is 32.2 Å². The van der Waals surface area contributed by atoms with Crippen LogP contribution < -0.4 is 16.0 Å². The molecule has 4 heterocycles. The average molecular weight is 746 g/mol. The van der Waals surface area contributed by atoms with Crippen LogP contribution in [0.4, 0.5) is 4.79 Å². The number of aliphatic hydroxyl groups is 5. The van der Waals surface area contributed by atoms with Gasteiger partial charge < -0.3 is 60.4 Å². The third-order valence-corrected chi connectivity index (χ3v) is 15.4. The van der Waals surface area contributed by atoms with Crippen LogP contribution in [0.25, 0.3) is 0 Å². The van der Waals surface area contributed by atoms with Gasteiger partial charge in [-0.25, -0.2) is 4.79 Å². The van der Waals surface area contributed by atoms with Crippen molar-refractivity contribution >= 4 is 29.7 Å². The van der Waals surface area contributed by atoms with Gasteiger partial charge in [-0.1, -0.05) is 20.3 Å². The highest BCUT2D eigenvalue weighted by molar-refractivity contribution is 8.00. The van der Waals surface area contributed by atoms with Gasteiger partial charge in [-0.2, -0.15) is 11.8 Å². The maximum Gasteiger partial charge on any atom is 0.315 e. The van der Waals surface area contributed by atoms with E-state index in [4.69, 9.17) is 18.9 Å². The SMILES string of the molecule is CC(=O)NC1(C)C2(C)C(OC[C@]3(C)OC(C)(CO)[C@@H](C)C(C)(O)C3(C)O)C(CO)(O[C@@]1(C)COC(=O)CCCCC1SC[C@@H]3NC(=O)N[C@H]13)[C@H]2O. The Morgan fingerprint density at radius 2 is 1.65 bits per heavy atom. The zero-order valence-corrected chi connectivity index (χ0v) is 32.1. The van der Waals surface area contributed by atoms with Gasteiger partial charge in [0.05, 0.1) is 60.2 Å². The number of fused-ring (bicyclic) bond motifs is 3. The molecule has 15 nitrogen and oxygen atoms in total. The van der Waals surface area contributed by atoms with Crippen molar-refractivity contribution in [3.05, 3.63) is 0 Å². The lowest BCUT2D eigenvalue weighted by Crippen LogP contribution is -2.96. The number of esters is 1. The molecular weight excluding hydrogens is 686 g/mol.